The average molecular weight is 260 g/mol. The van der Waals surface area contributed by atoms with Gasteiger partial charge in [0.15, 0.2) is 5.82 Å². The second-order valence-corrected chi connectivity index (χ2v) is 4.69. The number of nitrogens with zero attached hydrogens (tertiary/aromatic N) is 3. The molecule has 6 nitrogen and oxygen atoms in total. The van der Waals surface area contributed by atoms with E-state index in [-0.39, 0.29) is 6.10 Å². The van der Waals surface area contributed by atoms with Gasteiger partial charge in [-0.25, -0.2) is 4.98 Å². The van der Waals surface area contributed by atoms with E-state index in [9.17, 15) is 0 Å². The Bertz CT molecular complexity index is 532. The molecule has 0 amide bonds. The highest BCUT2D eigenvalue weighted by atomic mass is 16.5. The number of hydrogen-bond donors (Lipinski definition) is 1. The molecule has 100 valence electrons. The van der Waals surface area contributed by atoms with Crippen LogP contribution in [0.15, 0.2) is 22.9 Å². The monoisotopic (exact) mass is 260 g/mol. The standard InChI is InChI=1S/C13H16N4O2/c14-9-4-5-11(15-8-9)13-16-12(17-19-13)7-10-3-1-2-6-18-10/h4-5,8,10H,1-3,6-7,14H2. The summed E-state index contributed by atoms with van der Waals surface area (Å²) in [5.41, 5.74) is 6.83. The lowest BCUT2D eigenvalue weighted by molar-refractivity contribution is 0.0153. The molecule has 3 rings (SSSR count). The first kappa shape index (κ1) is 12.1. The zero-order chi connectivity index (χ0) is 13.1. The molecule has 1 atom stereocenters. The van der Waals surface area contributed by atoms with Crippen molar-refractivity contribution in [3.8, 4) is 11.6 Å². The lowest BCUT2D eigenvalue weighted by Crippen LogP contribution is -2.21. The summed E-state index contributed by atoms with van der Waals surface area (Å²) in [6.07, 6.45) is 5.88. The van der Waals surface area contributed by atoms with E-state index in [0.717, 1.165) is 19.4 Å². The summed E-state index contributed by atoms with van der Waals surface area (Å²) in [6.45, 7) is 0.828. The van der Waals surface area contributed by atoms with Gasteiger partial charge in [-0.2, -0.15) is 4.98 Å². The maximum atomic E-state index is 5.66. The highest BCUT2D eigenvalue weighted by Crippen LogP contribution is 2.19. The molecule has 1 aliphatic rings. The smallest absolute Gasteiger partial charge is 0.276 e. The molecule has 0 spiro atoms. The molecule has 1 unspecified atom stereocenters. The zero-order valence-corrected chi connectivity index (χ0v) is 10.6. The van der Waals surface area contributed by atoms with Crippen LogP contribution in [0.1, 0.15) is 25.1 Å². The van der Waals surface area contributed by atoms with Crippen LogP contribution >= 0.6 is 0 Å². The van der Waals surface area contributed by atoms with Gasteiger partial charge in [0.05, 0.1) is 18.0 Å². The van der Waals surface area contributed by atoms with Gasteiger partial charge in [-0.1, -0.05) is 5.16 Å². The molecule has 0 bridgehead atoms. The molecular formula is C13H16N4O2. The van der Waals surface area contributed by atoms with Gasteiger partial charge in [-0.05, 0) is 31.4 Å². The molecule has 1 saturated heterocycles. The maximum Gasteiger partial charge on any atom is 0.276 e. The van der Waals surface area contributed by atoms with E-state index in [0.29, 0.717) is 29.5 Å². The fourth-order valence-electron chi connectivity index (χ4n) is 2.14. The number of pyridine rings is 1. The van der Waals surface area contributed by atoms with E-state index in [1.54, 1.807) is 18.3 Å². The number of anilines is 1. The van der Waals surface area contributed by atoms with Crippen molar-refractivity contribution in [2.75, 3.05) is 12.3 Å². The van der Waals surface area contributed by atoms with E-state index < -0.39 is 0 Å². The largest absolute Gasteiger partial charge is 0.397 e. The van der Waals surface area contributed by atoms with E-state index in [1.807, 2.05) is 0 Å². The van der Waals surface area contributed by atoms with Gasteiger partial charge in [-0.3, -0.25) is 0 Å². The molecule has 2 N–H and O–H groups in total. The van der Waals surface area contributed by atoms with Gasteiger partial charge < -0.3 is 15.0 Å². The van der Waals surface area contributed by atoms with Crippen molar-refractivity contribution < 1.29 is 9.26 Å². The summed E-state index contributed by atoms with van der Waals surface area (Å²) in [7, 11) is 0. The Balaban J connectivity index is 1.70. The van der Waals surface area contributed by atoms with Crippen molar-refractivity contribution >= 4 is 5.69 Å². The Morgan fingerprint density at radius 2 is 2.26 bits per heavy atom. The summed E-state index contributed by atoms with van der Waals surface area (Å²) in [5, 5.41) is 3.97. The minimum Gasteiger partial charge on any atom is -0.397 e. The average Bonchev–Trinajstić information content (AvgIpc) is 2.89. The number of nitrogens with two attached hydrogens (primary N) is 1. The molecule has 0 saturated carbocycles. The summed E-state index contributed by atoms with van der Waals surface area (Å²) >= 11 is 0. The number of hydrogen-bond acceptors (Lipinski definition) is 6. The number of aromatic nitrogens is 3. The Hall–Kier alpha value is -1.95. The second kappa shape index (κ2) is 5.36. The second-order valence-electron chi connectivity index (χ2n) is 4.69. The third-order valence-corrected chi connectivity index (χ3v) is 3.16. The zero-order valence-electron chi connectivity index (χ0n) is 10.6. The lowest BCUT2D eigenvalue weighted by Gasteiger charge is -2.20. The predicted octanol–water partition coefficient (Wildman–Crippen LogP) is 1.83. The summed E-state index contributed by atoms with van der Waals surface area (Å²) in [6, 6.07) is 3.53. The molecule has 2 aromatic rings. The van der Waals surface area contributed by atoms with Crippen LogP contribution in [0.25, 0.3) is 11.6 Å². The van der Waals surface area contributed by atoms with Crippen molar-refractivity contribution in [1.82, 2.24) is 15.1 Å². The molecule has 19 heavy (non-hydrogen) atoms. The van der Waals surface area contributed by atoms with Gasteiger partial charge in [-0.15, -0.1) is 0 Å². The molecule has 1 fully saturated rings. The van der Waals surface area contributed by atoms with E-state index in [1.165, 1.54) is 6.42 Å². The van der Waals surface area contributed by atoms with Crippen molar-refractivity contribution in [2.24, 2.45) is 0 Å². The number of ether oxygens (including phenoxy) is 1. The first-order valence-electron chi connectivity index (χ1n) is 6.47. The fourth-order valence-corrected chi connectivity index (χ4v) is 2.14. The molecule has 3 heterocycles. The van der Waals surface area contributed by atoms with Crippen LogP contribution in [-0.2, 0) is 11.2 Å². The third kappa shape index (κ3) is 2.90. The minimum absolute atomic E-state index is 0.207. The van der Waals surface area contributed by atoms with Crippen LogP contribution in [0.2, 0.25) is 0 Å². The van der Waals surface area contributed by atoms with Crippen molar-refractivity contribution in [1.29, 1.82) is 0 Å². The highest BCUT2D eigenvalue weighted by Gasteiger charge is 2.18. The molecule has 0 aromatic carbocycles. The minimum atomic E-state index is 0.207. The van der Waals surface area contributed by atoms with Gasteiger partial charge in [0.25, 0.3) is 5.89 Å². The molecular weight excluding hydrogens is 244 g/mol. The molecule has 6 heteroatoms. The third-order valence-electron chi connectivity index (χ3n) is 3.16. The molecule has 1 aliphatic heterocycles. The fraction of sp³-hybridized carbons (Fsp3) is 0.462. The Morgan fingerprint density at radius 3 is 3.00 bits per heavy atom. The van der Waals surface area contributed by atoms with Crippen molar-refractivity contribution in [3.63, 3.8) is 0 Å². The van der Waals surface area contributed by atoms with Gasteiger partial charge in [0.1, 0.15) is 5.69 Å². The van der Waals surface area contributed by atoms with Crippen LogP contribution in [0.4, 0.5) is 5.69 Å². The van der Waals surface area contributed by atoms with Crippen LogP contribution in [-0.4, -0.2) is 27.8 Å². The highest BCUT2D eigenvalue weighted by molar-refractivity contribution is 5.50. The van der Waals surface area contributed by atoms with Crippen molar-refractivity contribution in [2.45, 2.75) is 31.8 Å². The Labute approximate surface area is 111 Å². The van der Waals surface area contributed by atoms with E-state index in [2.05, 4.69) is 15.1 Å². The van der Waals surface area contributed by atoms with Crippen LogP contribution in [0.3, 0.4) is 0 Å². The van der Waals surface area contributed by atoms with Crippen LogP contribution in [0, 0.1) is 0 Å². The number of rotatable bonds is 3. The summed E-state index contributed by atoms with van der Waals surface area (Å²) in [5.74, 6) is 1.09. The Morgan fingerprint density at radius 1 is 1.32 bits per heavy atom. The van der Waals surface area contributed by atoms with Gasteiger partial charge in [0, 0.05) is 13.0 Å². The Kier molecular flexibility index (Phi) is 3.41. The summed E-state index contributed by atoms with van der Waals surface area (Å²) < 4.78 is 10.9. The first-order valence-corrected chi connectivity index (χ1v) is 6.47. The molecule has 0 radical (unpaired) electrons. The van der Waals surface area contributed by atoms with Crippen molar-refractivity contribution in [3.05, 3.63) is 24.2 Å². The van der Waals surface area contributed by atoms with Gasteiger partial charge in [0.2, 0.25) is 0 Å². The first-order chi connectivity index (χ1) is 9.31. The topological polar surface area (TPSA) is 87.1 Å². The van der Waals surface area contributed by atoms with Crippen LogP contribution in [0.5, 0.6) is 0 Å². The summed E-state index contributed by atoms with van der Waals surface area (Å²) in [4.78, 5) is 8.50. The normalized spacial score (nSPS) is 19.5. The maximum absolute atomic E-state index is 5.66. The molecule has 2 aromatic heterocycles. The quantitative estimate of drug-likeness (QED) is 0.905. The van der Waals surface area contributed by atoms with E-state index in [4.69, 9.17) is 15.0 Å². The van der Waals surface area contributed by atoms with E-state index >= 15 is 0 Å². The van der Waals surface area contributed by atoms with Gasteiger partial charge >= 0.3 is 0 Å². The SMILES string of the molecule is Nc1ccc(-c2nc(CC3CCCCO3)no2)nc1. The predicted molar refractivity (Wildman–Crippen MR) is 69.2 cm³/mol. The van der Waals surface area contributed by atoms with Crippen LogP contribution < -0.4 is 5.73 Å². The molecule has 0 aliphatic carbocycles. The number of nitrogen functional groups attached to an aromatic ring is 1. The lowest BCUT2D eigenvalue weighted by atomic mass is 10.1.